The summed E-state index contributed by atoms with van der Waals surface area (Å²) in [5.74, 6) is -1.37. The van der Waals surface area contributed by atoms with E-state index in [4.69, 9.17) is 5.11 Å². The molecule has 1 aromatic carbocycles. The van der Waals surface area contributed by atoms with Crippen LogP contribution in [0.4, 0.5) is 0 Å². The van der Waals surface area contributed by atoms with E-state index in [1.54, 1.807) is 0 Å². The van der Waals surface area contributed by atoms with Crippen molar-refractivity contribution in [1.82, 2.24) is 15.3 Å². The molecule has 0 aliphatic heterocycles. The third-order valence-electron chi connectivity index (χ3n) is 3.30. The van der Waals surface area contributed by atoms with Crippen LogP contribution < -0.4 is 5.32 Å². The Morgan fingerprint density at radius 2 is 2.05 bits per heavy atom. The highest BCUT2D eigenvalue weighted by Crippen LogP contribution is 2.17. The first-order chi connectivity index (χ1) is 10.1. The molecular weight excluding hydrogens is 270 g/mol. The van der Waals surface area contributed by atoms with Crippen LogP contribution in [-0.4, -0.2) is 33.5 Å². The summed E-state index contributed by atoms with van der Waals surface area (Å²) in [4.78, 5) is 29.0. The van der Waals surface area contributed by atoms with Gasteiger partial charge in [-0.05, 0) is 17.9 Å². The third-order valence-corrected chi connectivity index (χ3v) is 3.30. The average molecular weight is 287 g/mol. The average Bonchev–Trinajstić information content (AvgIpc) is 2.97. The number of imidazole rings is 1. The highest BCUT2D eigenvalue weighted by molar-refractivity contribution is 6.02. The molecule has 1 unspecified atom stereocenters. The van der Waals surface area contributed by atoms with E-state index in [-0.39, 0.29) is 11.4 Å². The number of aromatic nitrogens is 2. The molecule has 0 aliphatic rings. The van der Waals surface area contributed by atoms with Crippen molar-refractivity contribution in [3.63, 3.8) is 0 Å². The molecule has 21 heavy (non-hydrogen) atoms. The van der Waals surface area contributed by atoms with Crippen LogP contribution >= 0.6 is 0 Å². The van der Waals surface area contributed by atoms with Gasteiger partial charge in [0, 0.05) is 6.54 Å². The van der Waals surface area contributed by atoms with Gasteiger partial charge in [-0.15, -0.1) is 0 Å². The van der Waals surface area contributed by atoms with Crippen LogP contribution in [0.25, 0.3) is 0 Å². The lowest BCUT2D eigenvalue weighted by atomic mass is 9.98. The molecule has 1 atom stereocenters. The van der Waals surface area contributed by atoms with Crippen molar-refractivity contribution in [3.05, 3.63) is 53.6 Å². The summed E-state index contributed by atoms with van der Waals surface area (Å²) in [5, 5.41) is 11.6. The standard InChI is InChI=1S/C15H17N3O3/c1-10(11-5-3-2-4-6-11)7-8-16-14(19)12-13(15(20)21)18-9-17-12/h2-6,9-10H,7-8H2,1H3,(H,16,19)(H,17,18)(H,20,21). The topological polar surface area (TPSA) is 95.1 Å². The predicted octanol–water partition coefficient (Wildman–Crippen LogP) is 2.03. The number of carbonyl (C=O) groups is 2. The zero-order chi connectivity index (χ0) is 15.2. The Kier molecular flexibility index (Phi) is 4.71. The van der Waals surface area contributed by atoms with Gasteiger partial charge < -0.3 is 15.4 Å². The minimum atomic E-state index is -1.20. The fourth-order valence-electron chi connectivity index (χ4n) is 2.06. The first-order valence-corrected chi connectivity index (χ1v) is 6.69. The van der Waals surface area contributed by atoms with E-state index >= 15 is 0 Å². The van der Waals surface area contributed by atoms with Gasteiger partial charge in [0.1, 0.15) is 0 Å². The Balaban J connectivity index is 1.87. The fraction of sp³-hybridized carbons (Fsp3) is 0.267. The Morgan fingerprint density at radius 1 is 1.33 bits per heavy atom. The summed E-state index contributed by atoms with van der Waals surface area (Å²) in [5.41, 5.74) is 0.927. The molecule has 2 aromatic rings. The molecule has 0 saturated carbocycles. The summed E-state index contributed by atoms with van der Waals surface area (Å²) >= 11 is 0. The van der Waals surface area contributed by atoms with Gasteiger partial charge in [0.15, 0.2) is 11.4 Å². The van der Waals surface area contributed by atoms with Gasteiger partial charge in [0.2, 0.25) is 0 Å². The van der Waals surface area contributed by atoms with Crippen LogP contribution in [0, 0.1) is 0 Å². The molecule has 0 bridgehead atoms. The molecule has 1 aromatic heterocycles. The summed E-state index contributed by atoms with van der Waals surface area (Å²) < 4.78 is 0. The number of nitrogens with zero attached hydrogens (tertiary/aromatic N) is 1. The molecule has 0 aliphatic carbocycles. The van der Waals surface area contributed by atoms with E-state index < -0.39 is 11.9 Å². The monoisotopic (exact) mass is 287 g/mol. The fourth-order valence-corrected chi connectivity index (χ4v) is 2.06. The SMILES string of the molecule is CC(CCNC(=O)c1nc[nH]c1C(=O)O)c1ccccc1. The van der Waals surface area contributed by atoms with Crippen LogP contribution in [0.1, 0.15) is 45.8 Å². The first-order valence-electron chi connectivity index (χ1n) is 6.69. The van der Waals surface area contributed by atoms with Crippen LogP contribution in [0.3, 0.4) is 0 Å². The van der Waals surface area contributed by atoms with Crippen LogP contribution in [-0.2, 0) is 0 Å². The second kappa shape index (κ2) is 6.69. The van der Waals surface area contributed by atoms with Crippen molar-refractivity contribution in [2.75, 3.05) is 6.54 Å². The molecule has 0 spiro atoms. The van der Waals surface area contributed by atoms with Crippen molar-refractivity contribution in [1.29, 1.82) is 0 Å². The lowest BCUT2D eigenvalue weighted by molar-refractivity contribution is 0.0685. The summed E-state index contributed by atoms with van der Waals surface area (Å²) in [6, 6.07) is 10.0. The molecule has 0 saturated heterocycles. The van der Waals surface area contributed by atoms with Gasteiger partial charge in [-0.25, -0.2) is 9.78 Å². The quantitative estimate of drug-likeness (QED) is 0.757. The maximum absolute atomic E-state index is 11.9. The molecule has 6 nitrogen and oxygen atoms in total. The van der Waals surface area contributed by atoms with E-state index in [1.807, 2.05) is 30.3 Å². The molecule has 2 rings (SSSR count). The van der Waals surface area contributed by atoms with E-state index in [0.29, 0.717) is 12.5 Å². The van der Waals surface area contributed by atoms with Crippen LogP contribution in [0.2, 0.25) is 0 Å². The largest absolute Gasteiger partial charge is 0.477 e. The van der Waals surface area contributed by atoms with Gasteiger partial charge in [0.05, 0.1) is 6.33 Å². The Hall–Kier alpha value is -2.63. The highest BCUT2D eigenvalue weighted by Gasteiger charge is 2.19. The number of rotatable bonds is 6. The number of H-pyrrole nitrogens is 1. The molecule has 110 valence electrons. The number of nitrogens with one attached hydrogen (secondary N) is 2. The summed E-state index contributed by atoms with van der Waals surface area (Å²) in [6.45, 7) is 2.54. The molecule has 6 heteroatoms. The van der Waals surface area contributed by atoms with Crippen LogP contribution in [0.5, 0.6) is 0 Å². The minimum absolute atomic E-state index is 0.0881. The van der Waals surface area contributed by atoms with E-state index in [9.17, 15) is 9.59 Å². The van der Waals surface area contributed by atoms with Gasteiger partial charge in [0.25, 0.3) is 5.91 Å². The number of hydrogen-bond acceptors (Lipinski definition) is 3. The van der Waals surface area contributed by atoms with Crippen LogP contribution in [0.15, 0.2) is 36.7 Å². The van der Waals surface area contributed by atoms with E-state index in [0.717, 1.165) is 6.42 Å². The van der Waals surface area contributed by atoms with Gasteiger partial charge in [-0.2, -0.15) is 0 Å². The number of aromatic carboxylic acids is 1. The number of carbonyl (C=O) groups excluding carboxylic acids is 1. The molecular formula is C15H17N3O3. The highest BCUT2D eigenvalue weighted by atomic mass is 16.4. The maximum atomic E-state index is 11.9. The Bertz CT molecular complexity index is 622. The summed E-state index contributed by atoms with van der Waals surface area (Å²) in [6.07, 6.45) is 1.97. The molecule has 1 heterocycles. The van der Waals surface area contributed by atoms with E-state index in [1.165, 1.54) is 11.9 Å². The third kappa shape index (κ3) is 3.68. The predicted molar refractivity (Wildman–Crippen MR) is 77.4 cm³/mol. The molecule has 0 fully saturated rings. The zero-order valence-electron chi connectivity index (χ0n) is 11.7. The molecule has 0 radical (unpaired) electrons. The van der Waals surface area contributed by atoms with Crippen molar-refractivity contribution >= 4 is 11.9 Å². The second-order valence-corrected chi connectivity index (χ2v) is 4.79. The Labute approximate surface area is 122 Å². The number of hydrogen-bond donors (Lipinski definition) is 3. The zero-order valence-corrected chi connectivity index (χ0v) is 11.7. The smallest absolute Gasteiger partial charge is 0.354 e. The molecule has 1 amide bonds. The summed E-state index contributed by atoms with van der Waals surface area (Å²) in [7, 11) is 0. The van der Waals surface area contributed by atoms with Gasteiger partial charge >= 0.3 is 5.97 Å². The van der Waals surface area contributed by atoms with Gasteiger partial charge in [-0.1, -0.05) is 37.3 Å². The minimum Gasteiger partial charge on any atom is -0.477 e. The number of benzene rings is 1. The lowest BCUT2D eigenvalue weighted by Gasteiger charge is -2.12. The number of aromatic amines is 1. The normalized spacial score (nSPS) is 11.9. The number of carboxylic acids is 1. The van der Waals surface area contributed by atoms with E-state index in [2.05, 4.69) is 22.2 Å². The van der Waals surface area contributed by atoms with Crippen molar-refractivity contribution in [2.24, 2.45) is 0 Å². The second-order valence-electron chi connectivity index (χ2n) is 4.79. The van der Waals surface area contributed by atoms with Gasteiger partial charge in [-0.3, -0.25) is 4.79 Å². The molecule has 3 N–H and O–H groups in total. The van der Waals surface area contributed by atoms with Crippen molar-refractivity contribution in [3.8, 4) is 0 Å². The number of amides is 1. The van der Waals surface area contributed by atoms with Crippen molar-refractivity contribution < 1.29 is 14.7 Å². The maximum Gasteiger partial charge on any atom is 0.354 e. The van der Waals surface area contributed by atoms with Crippen molar-refractivity contribution in [2.45, 2.75) is 19.3 Å². The Morgan fingerprint density at radius 3 is 2.71 bits per heavy atom. The lowest BCUT2D eigenvalue weighted by Crippen LogP contribution is -2.27. The first kappa shape index (κ1) is 14.8. The number of carboxylic acid groups (broad SMARTS) is 1.